The predicted octanol–water partition coefficient (Wildman–Crippen LogP) is 1.63. The molecule has 7 nitrogen and oxygen atoms in total. The third-order valence-corrected chi connectivity index (χ3v) is 4.06. The lowest BCUT2D eigenvalue weighted by Gasteiger charge is -2.29. The molecule has 3 amide bonds. The number of benzene rings is 1. The zero-order chi connectivity index (χ0) is 15.4. The van der Waals surface area contributed by atoms with Crippen molar-refractivity contribution >= 4 is 28.4 Å². The molecule has 0 aliphatic carbocycles. The maximum absolute atomic E-state index is 12.5. The average molecular weight is 317 g/mol. The van der Waals surface area contributed by atoms with Gasteiger partial charge in [-0.2, -0.15) is 0 Å². The molecule has 1 atom stereocenters. The highest BCUT2D eigenvalue weighted by Crippen LogP contribution is 2.26. The maximum Gasteiger partial charge on any atom is 0.324 e. The van der Waals surface area contributed by atoms with Gasteiger partial charge in [0.15, 0.2) is 0 Å². The van der Waals surface area contributed by atoms with E-state index < -0.39 is 0 Å². The van der Waals surface area contributed by atoms with Gasteiger partial charge < -0.3 is 10.2 Å². The Kier molecular flexibility index (Phi) is 4.29. The summed E-state index contributed by atoms with van der Waals surface area (Å²) in [5.41, 5.74) is 2.49. The molecule has 0 bridgehead atoms. The van der Waals surface area contributed by atoms with E-state index in [2.05, 4.69) is 20.8 Å². The van der Waals surface area contributed by atoms with Gasteiger partial charge in [0.05, 0.1) is 12.5 Å². The number of aromatic nitrogens is 2. The highest BCUT2D eigenvalue weighted by Gasteiger charge is 2.30. The number of hydrogen-bond acceptors (Lipinski definition) is 5. The summed E-state index contributed by atoms with van der Waals surface area (Å²) >= 11 is 1.25. The van der Waals surface area contributed by atoms with E-state index in [1.165, 1.54) is 11.3 Å². The first-order valence-corrected chi connectivity index (χ1v) is 7.77. The minimum absolute atomic E-state index is 0.0555. The summed E-state index contributed by atoms with van der Waals surface area (Å²) in [6, 6.07) is 8.99. The Labute approximate surface area is 131 Å². The third-order valence-electron chi connectivity index (χ3n) is 3.45. The fourth-order valence-electron chi connectivity index (χ4n) is 2.44. The van der Waals surface area contributed by atoms with E-state index in [0.717, 1.165) is 5.56 Å². The topological polar surface area (TPSA) is 87.2 Å². The summed E-state index contributed by atoms with van der Waals surface area (Å²) in [4.78, 5) is 26.0. The molecule has 0 saturated carbocycles. The van der Waals surface area contributed by atoms with Crippen LogP contribution in [0.2, 0.25) is 0 Å². The van der Waals surface area contributed by atoms with Crippen LogP contribution in [0.3, 0.4) is 0 Å². The fraction of sp³-hybridized carbons (Fsp3) is 0.286. The molecule has 0 unspecified atom stereocenters. The van der Waals surface area contributed by atoms with Crippen molar-refractivity contribution in [3.63, 3.8) is 0 Å². The van der Waals surface area contributed by atoms with Crippen molar-refractivity contribution in [1.82, 2.24) is 20.4 Å². The molecule has 2 N–H and O–H groups in total. The van der Waals surface area contributed by atoms with E-state index in [-0.39, 0.29) is 24.4 Å². The molecule has 2 heterocycles. The number of amides is 3. The average Bonchev–Trinajstić information content (AvgIpc) is 2.95. The largest absolute Gasteiger partial charge is 0.354 e. The Morgan fingerprint density at radius 3 is 2.91 bits per heavy atom. The van der Waals surface area contributed by atoms with Crippen molar-refractivity contribution in [1.29, 1.82) is 0 Å². The molecule has 0 radical (unpaired) electrons. The van der Waals surface area contributed by atoms with E-state index in [9.17, 15) is 9.59 Å². The normalized spacial score (nSPS) is 18.5. The molecule has 114 valence electrons. The van der Waals surface area contributed by atoms with Gasteiger partial charge in [-0.3, -0.25) is 10.1 Å². The number of anilines is 1. The monoisotopic (exact) mass is 317 g/mol. The number of hydrogen-bond donors (Lipinski definition) is 2. The summed E-state index contributed by atoms with van der Waals surface area (Å²) in [6.07, 6.45) is 0.244. The molecule has 1 fully saturated rings. The number of rotatable bonds is 2. The van der Waals surface area contributed by atoms with Crippen LogP contribution in [0.1, 0.15) is 18.0 Å². The summed E-state index contributed by atoms with van der Waals surface area (Å²) in [6.45, 7) is 0.877. The Hall–Kier alpha value is -2.48. The van der Waals surface area contributed by atoms with E-state index in [4.69, 9.17) is 0 Å². The highest BCUT2D eigenvalue weighted by atomic mass is 32.1. The van der Waals surface area contributed by atoms with Gasteiger partial charge in [0.25, 0.3) is 0 Å². The molecule has 1 saturated heterocycles. The summed E-state index contributed by atoms with van der Waals surface area (Å²) < 4.78 is 0. The van der Waals surface area contributed by atoms with E-state index in [0.29, 0.717) is 18.2 Å². The van der Waals surface area contributed by atoms with E-state index in [1.54, 1.807) is 10.4 Å². The standard InChI is InChI=1S/C14H15N5O2S/c20-12-8-11(10-4-2-1-3-5-10)19(7-6-15-12)14(21)17-13-18-16-9-22-13/h1-5,9,11H,6-8H2,(H,15,20)(H,17,18,21)/t11-/m1/s1. The van der Waals surface area contributed by atoms with E-state index >= 15 is 0 Å². The van der Waals surface area contributed by atoms with Gasteiger partial charge in [-0.15, -0.1) is 10.2 Å². The van der Waals surface area contributed by atoms with Crippen LogP contribution in [0.15, 0.2) is 35.8 Å². The molecule has 22 heavy (non-hydrogen) atoms. The van der Waals surface area contributed by atoms with Crippen LogP contribution in [-0.4, -0.2) is 40.1 Å². The number of carbonyl (C=O) groups is 2. The molecule has 1 aliphatic rings. The van der Waals surface area contributed by atoms with Gasteiger partial charge in [0.1, 0.15) is 5.51 Å². The van der Waals surface area contributed by atoms with Crippen LogP contribution in [-0.2, 0) is 4.79 Å². The lowest BCUT2D eigenvalue weighted by atomic mass is 10.0. The number of urea groups is 1. The van der Waals surface area contributed by atoms with Gasteiger partial charge in [0.2, 0.25) is 11.0 Å². The molecule has 1 aromatic heterocycles. The van der Waals surface area contributed by atoms with Gasteiger partial charge in [0, 0.05) is 13.1 Å². The molecule has 3 rings (SSSR count). The molecule has 1 aromatic carbocycles. The number of carbonyl (C=O) groups excluding carboxylic acids is 2. The molecular weight excluding hydrogens is 302 g/mol. The quantitative estimate of drug-likeness (QED) is 0.881. The Bertz CT molecular complexity index is 647. The molecule has 1 aliphatic heterocycles. The lowest BCUT2D eigenvalue weighted by molar-refractivity contribution is -0.121. The Balaban J connectivity index is 1.84. The van der Waals surface area contributed by atoms with Crippen LogP contribution >= 0.6 is 11.3 Å². The minimum Gasteiger partial charge on any atom is -0.354 e. The van der Waals surface area contributed by atoms with Crippen LogP contribution in [0.5, 0.6) is 0 Å². The second-order valence-corrected chi connectivity index (χ2v) is 5.68. The minimum atomic E-state index is -0.295. The maximum atomic E-state index is 12.5. The predicted molar refractivity (Wildman–Crippen MR) is 82.4 cm³/mol. The van der Waals surface area contributed by atoms with Crippen molar-refractivity contribution in [2.75, 3.05) is 18.4 Å². The van der Waals surface area contributed by atoms with Gasteiger partial charge in [-0.05, 0) is 5.56 Å². The molecule has 8 heteroatoms. The lowest BCUT2D eigenvalue weighted by Crippen LogP contribution is -2.39. The van der Waals surface area contributed by atoms with Gasteiger partial charge in [-0.1, -0.05) is 41.7 Å². The van der Waals surface area contributed by atoms with Gasteiger partial charge >= 0.3 is 6.03 Å². The van der Waals surface area contributed by atoms with Crippen molar-refractivity contribution in [2.24, 2.45) is 0 Å². The smallest absolute Gasteiger partial charge is 0.324 e. The Morgan fingerprint density at radius 1 is 1.36 bits per heavy atom. The van der Waals surface area contributed by atoms with Crippen molar-refractivity contribution < 1.29 is 9.59 Å². The summed E-state index contributed by atoms with van der Waals surface area (Å²) in [7, 11) is 0. The number of nitrogens with one attached hydrogen (secondary N) is 2. The van der Waals surface area contributed by atoms with Gasteiger partial charge in [-0.25, -0.2) is 4.79 Å². The zero-order valence-electron chi connectivity index (χ0n) is 11.7. The third kappa shape index (κ3) is 3.22. The van der Waals surface area contributed by atoms with E-state index in [1.807, 2.05) is 30.3 Å². The van der Waals surface area contributed by atoms with Crippen LogP contribution in [0.4, 0.5) is 9.93 Å². The second kappa shape index (κ2) is 6.52. The SMILES string of the molecule is O=C1C[C@H](c2ccccc2)N(C(=O)Nc2nncs2)CCN1. The summed E-state index contributed by atoms with van der Waals surface area (Å²) in [5.74, 6) is -0.0555. The van der Waals surface area contributed by atoms with Crippen LogP contribution in [0, 0.1) is 0 Å². The Morgan fingerprint density at radius 2 is 2.18 bits per heavy atom. The molecule has 0 spiro atoms. The van der Waals surface area contributed by atoms with Crippen LogP contribution < -0.4 is 10.6 Å². The highest BCUT2D eigenvalue weighted by molar-refractivity contribution is 7.13. The molecule has 2 aromatic rings. The second-order valence-electron chi connectivity index (χ2n) is 4.85. The molecular formula is C14H15N5O2S. The first-order chi connectivity index (χ1) is 10.7. The number of nitrogens with zero attached hydrogens (tertiary/aromatic N) is 3. The first kappa shape index (κ1) is 14.5. The van der Waals surface area contributed by atoms with Crippen LogP contribution in [0.25, 0.3) is 0 Å². The first-order valence-electron chi connectivity index (χ1n) is 6.89. The summed E-state index contributed by atoms with van der Waals surface area (Å²) in [5, 5.41) is 13.5. The zero-order valence-corrected chi connectivity index (χ0v) is 12.5. The van der Waals surface area contributed by atoms with Crippen molar-refractivity contribution in [3.05, 3.63) is 41.4 Å². The van der Waals surface area contributed by atoms with Crippen molar-refractivity contribution in [2.45, 2.75) is 12.5 Å². The van der Waals surface area contributed by atoms with Crippen molar-refractivity contribution in [3.8, 4) is 0 Å². The fourth-order valence-corrected chi connectivity index (χ4v) is 2.87.